The third-order valence-corrected chi connectivity index (χ3v) is 1.85. The van der Waals surface area contributed by atoms with Gasteiger partial charge in [0.1, 0.15) is 5.82 Å². The fourth-order valence-corrected chi connectivity index (χ4v) is 1.16. The van der Waals surface area contributed by atoms with Crippen molar-refractivity contribution in [2.45, 2.75) is 12.8 Å². The van der Waals surface area contributed by atoms with Crippen LogP contribution in [0.4, 0.5) is 10.1 Å². The van der Waals surface area contributed by atoms with Crippen LogP contribution in [0.5, 0.6) is 0 Å². The molecule has 0 saturated heterocycles. The number of rotatable bonds is 4. The molecule has 0 aliphatic heterocycles. The minimum absolute atomic E-state index is 0.0198. The predicted octanol–water partition coefficient (Wildman–Crippen LogP) is 1.75. The van der Waals surface area contributed by atoms with Gasteiger partial charge in [0.05, 0.1) is 11.0 Å². The monoisotopic (exact) mass is 213 g/mol. The van der Waals surface area contributed by atoms with Crippen LogP contribution in [0, 0.1) is 15.9 Å². The van der Waals surface area contributed by atoms with E-state index < -0.39 is 16.7 Å². The first kappa shape index (κ1) is 11.1. The van der Waals surface area contributed by atoms with Gasteiger partial charge in [-0.15, -0.1) is 0 Å². The summed E-state index contributed by atoms with van der Waals surface area (Å²) < 4.78 is 12.7. The smallest absolute Gasteiger partial charge is 0.303 e. The molecule has 0 bridgehead atoms. The lowest BCUT2D eigenvalue weighted by Crippen LogP contribution is -2.01. The van der Waals surface area contributed by atoms with Gasteiger partial charge in [0.25, 0.3) is 5.69 Å². The Hall–Kier alpha value is -1.98. The second kappa shape index (κ2) is 4.50. The molecule has 0 aliphatic rings. The zero-order chi connectivity index (χ0) is 11.4. The normalized spacial score (nSPS) is 9.93. The molecule has 1 aromatic rings. The van der Waals surface area contributed by atoms with E-state index in [4.69, 9.17) is 5.11 Å². The molecule has 0 fully saturated rings. The number of halogens is 1. The Labute approximate surface area is 84.3 Å². The Bertz CT molecular complexity index is 405. The highest BCUT2D eigenvalue weighted by Crippen LogP contribution is 2.20. The van der Waals surface area contributed by atoms with Crippen LogP contribution in [0.25, 0.3) is 0 Å². The molecule has 1 aromatic carbocycles. The molecule has 0 atom stereocenters. The van der Waals surface area contributed by atoms with Crippen LogP contribution in [-0.2, 0) is 11.2 Å². The summed E-state index contributed by atoms with van der Waals surface area (Å²) in [5.74, 6) is -1.76. The van der Waals surface area contributed by atoms with Crippen molar-refractivity contribution in [2.24, 2.45) is 0 Å². The molecule has 0 aliphatic carbocycles. The minimum atomic E-state index is -1.05. The van der Waals surface area contributed by atoms with Crippen molar-refractivity contribution in [1.29, 1.82) is 0 Å². The highest BCUT2D eigenvalue weighted by Gasteiger charge is 2.15. The first-order chi connectivity index (χ1) is 7.00. The summed E-state index contributed by atoms with van der Waals surface area (Å²) in [7, 11) is 0. The van der Waals surface area contributed by atoms with Gasteiger partial charge < -0.3 is 5.11 Å². The molecule has 1 rings (SSSR count). The molecule has 0 spiro atoms. The average molecular weight is 213 g/mol. The van der Waals surface area contributed by atoms with Crippen molar-refractivity contribution in [3.8, 4) is 0 Å². The molecule has 6 heteroatoms. The molecule has 0 saturated carbocycles. The van der Waals surface area contributed by atoms with Crippen molar-refractivity contribution in [3.63, 3.8) is 0 Å². The van der Waals surface area contributed by atoms with E-state index in [0.717, 1.165) is 12.1 Å². The van der Waals surface area contributed by atoms with Gasteiger partial charge in [0.2, 0.25) is 0 Å². The number of nitrogens with zero attached hydrogens (tertiary/aromatic N) is 1. The molecule has 15 heavy (non-hydrogen) atoms. The Morgan fingerprint density at radius 2 is 2.20 bits per heavy atom. The van der Waals surface area contributed by atoms with Crippen LogP contribution >= 0.6 is 0 Å². The molecule has 80 valence electrons. The maximum absolute atomic E-state index is 12.7. The topological polar surface area (TPSA) is 80.4 Å². The maximum atomic E-state index is 12.7. The van der Waals surface area contributed by atoms with Crippen LogP contribution in [0.3, 0.4) is 0 Å². The van der Waals surface area contributed by atoms with Gasteiger partial charge in [-0.1, -0.05) is 0 Å². The third kappa shape index (κ3) is 3.01. The molecule has 0 radical (unpaired) electrons. The van der Waals surface area contributed by atoms with Gasteiger partial charge in [0.15, 0.2) is 0 Å². The quantitative estimate of drug-likeness (QED) is 0.610. The predicted molar refractivity (Wildman–Crippen MR) is 49.0 cm³/mol. The van der Waals surface area contributed by atoms with Crippen LogP contribution in [-0.4, -0.2) is 16.0 Å². The van der Waals surface area contributed by atoms with Crippen molar-refractivity contribution >= 4 is 11.7 Å². The summed E-state index contributed by atoms with van der Waals surface area (Å²) in [5, 5.41) is 18.9. The highest BCUT2D eigenvalue weighted by atomic mass is 19.1. The van der Waals surface area contributed by atoms with Gasteiger partial charge in [-0.2, -0.15) is 0 Å². The summed E-state index contributed by atoms with van der Waals surface area (Å²) in [6, 6.07) is 3.10. The number of carboxylic acids is 1. The van der Waals surface area contributed by atoms with E-state index in [0.29, 0.717) is 0 Å². The molecular weight excluding hydrogens is 205 g/mol. The van der Waals surface area contributed by atoms with Crippen molar-refractivity contribution in [1.82, 2.24) is 0 Å². The van der Waals surface area contributed by atoms with Crippen LogP contribution in [0.15, 0.2) is 18.2 Å². The Morgan fingerprint density at radius 3 is 2.73 bits per heavy atom. The first-order valence-corrected chi connectivity index (χ1v) is 4.15. The van der Waals surface area contributed by atoms with Gasteiger partial charge in [-0.3, -0.25) is 14.9 Å². The molecule has 5 nitrogen and oxygen atoms in total. The second-order valence-electron chi connectivity index (χ2n) is 2.92. The first-order valence-electron chi connectivity index (χ1n) is 4.15. The van der Waals surface area contributed by atoms with E-state index in [1.807, 2.05) is 0 Å². The number of hydrogen-bond acceptors (Lipinski definition) is 3. The Kier molecular flexibility index (Phi) is 3.33. The Morgan fingerprint density at radius 1 is 1.53 bits per heavy atom. The lowest BCUT2D eigenvalue weighted by Gasteiger charge is -2.00. The molecule has 0 heterocycles. The zero-order valence-electron chi connectivity index (χ0n) is 7.64. The van der Waals surface area contributed by atoms with E-state index in [2.05, 4.69) is 0 Å². The fraction of sp³-hybridized carbons (Fsp3) is 0.222. The molecule has 0 amide bonds. The number of benzene rings is 1. The van der Waals surface area contributed by atoms with E-state index in [9.17, 15) is 19.3 Å². The minimum Gasteiger partial charge on any atom is -0.481 e. The van der Waals surface area contributed by atoms with Crippen molar-refractivity contribution in [3.05, 3.63) is 39.7 Å². The number of carbonyl (C=O) groups is 1. The largest absolute Gasteiger partial charge is 0.481 e. The number of carboxylic acid groups (broad SMARTS) is 1. The summed E-state index contributed by atoms with van der Waals surface area (Å²) in [4.78, 5) is 20.1. The highest BCUT2D eigenvalue weighted by molar-refractivity contribution is 5.67. The summed E-state index contributed by atoms with van der Waals surface area (Å²) in [6.07, 6.45) is -0.196. The third-order valence-electron chi connectivity index (χ3n) is 1.85. The SMILES string of the molecule is O=C(O)CCc1ccc(F)cc1[N+](=O)[O-]. The molecule has 1 N–H and O–H groups in total. The lowest BCUT2D eigenvalue weighted by molar-refractivity contribution is -0.385. The number of aryl methyl sites for hydroxylation is 1. The number of nitro benzene ring substituents is 1. The Balaban J connectivity index is 2.95. The maximum Gasteiger partial charge on any atom is 0.303 e. The van der Waals surface area contributed by atoms with E-state index in [-0.39, 0.29) is 24.1 Å². The van der Waals surface area contributed by atoms with E-state index in [1.54, 1.807) is 0 Å². The molecular formula is C9H8FNO4. The van der Waals surface area contributed by atoms with E-state index in [1.165, 1.54) is 6.07 Å². The van der Waals surface area contributed by atoms with Crippen molar-refractivity contribution in [2.75, 3.05) is 0 Å². The van der Waals surface area contributed by atoms with Crippen LogP contribution < -0.4 is 0 Å². The molecule has 0 aromatic heterocycles. The summed E-state index contributed by atoms with van der Waals surface area (Å²) in [6.45, 7) is 0. The van der Waals surface area contributed by atoms with Gasteiger partial charge in [-0.05, 0) is 18.6 Å². The zero-order valence-corrected chi connectivity index (χ0v) is 7.64. The van der Waals surface area contributed by atoms with Crippen LogP contribution in [0.2, 0.25) is 0 Å². The van der Waals surface area contributed by atoms with Gasteiger partial charge >= 0.3 is 5.97 Å². The van der Waals surface area contributed by atoms with Gasteiger partial charge in [0, 0.05) is 12.0 Å². The summed E-state index contributed by atoms with van der Waals surface area (Å²) >= 11 is 0. The number of aliphatic carboxylic acids is 1. The standard InChI is InChI=1S/C9H8FNO4/c10-7-3-1-6(2-4-9(12)13)8(5-7)11(14)15/h1,3,5H,2,4H2,(H,12,13). The van der Waals surface area contributed by atoms with Crippen LogP contribution in [0.1, 0.15) is 12.0 Å². The number of nitro groups is 1. The second-order valence-corrected chi connectivity index (χ2v) is 2.92. The molecule has 0 unspecified atom stereocenters. The van der Waals surface area contributed by atoms with Crippen molar-refractivity contribution < 1.29 is 19.2 Å². The lowest BCUT2D eigenvalue weighted by atomic mass is 10.1. The van der Waals surface area contributed by atoms with Gasteiger partial charge in [-0.25, -0.2) is 4.39 Å². The fourth-order valence-electron chi connectivity index (χ4n) is 1.16. The number of hydrogen-bond donors (Lipinski definition) is 1. The average Bonchev–Trinajstić information content (AvgIpc) is 2.15. The van der Waals surface area contributed by atoms with E-state index >= 15 is 0 Å². The summed E-state index contributed by atoms with van der Waals surface area (Å²) in [5.41, 5.74) is -0.153.